The SMILES string of the molecule is Cc1ccc(-c2cc3[nH]c(N)nc(N[N+](C)(C)C)c3c3ccnc23)s1. The largest absolute Gasteiger partial charge is 0.369 e. The van der Waals surface area contributed by atoms with Crippen molar-refractivity contribution in [1.82, 2.24) is 15.0 Å². The van der Waals surface area contributed by atoms with E-state index in [1.807, 2.05) is 33.4 Å². The molecular formula is C18H21N6S+. The first-order chi connectivity index (χ1) is 11.8. The number of aromatic nitrogens is 3. The summed E-state index contributed by atoms with van der Waals surface area (Å²) >= 11 is 1.77. The van der Waals surface area contributed by atoms with Crippen LogP contribution in [0.25, 0.3) is 32.2 Å². The van der Waals surface area contributed by atoms with Crippen molar-refractivity contribution in [2.75, 3.05) is 32.3 Å². The van der Waals surface area contributed by atoms with Gasteiger partial charge in [-0.05, 0) is 31.2 Å². The van der Waals surface area contributed by atoms with Crippen LogP contribution in [-0.2, 0) is 0 Å². The zero-order chi connectivity index (χ0) is 17.8. The van der Waals surface area contributed by atoms with Crippen LogP contribution in [0.4, 0.5) is 11.8 Å². The Morgan fingerprint density at radius 1 is 1.20 bits per heavy atom. The second-order valence-electron chi connectivity index (χ2n) is 7.06. The second-order valence-corrected chi connectivity index (χ2v) is 8.35. The minimum atomic E-state index is 0.385. The lowest BCUT2D eigenvalue weighted by Gasteiger charge is -2.25. The van der Waals surface area contributed by atoms with E-state index in [0.29, 0.717) is 10.5 Å². The van der Waals surface area contributed by atoms with Gasteiger partial charge in [0.05, 0.1) is 37.6 Å². The number of aromatic amines is 1. The molecule has 0 atom stereocenters. The van der Waals surface area contributed by atoms with Crippen LogP contribution in [0.5, 0.6) is 0 Å². The van der Waals surface area contributed by atoms with Crippen molar-refractivity contribution in [2.45, 2.75) is 6.92 Å². The first-order valence-corrected chi connectivity index (χ1v) is 8.87. The number of anilines is 2. The van der Waals surface area contributed by atoms with Crippen molar-refractivity contribution in [3.8, 4) is 10.4 Å². The number of hydrogen-bond donors (Lipinski definition) is 3. The van der Waals surface area contributed by atoms with Gasteiger partial charge in [0.25, 0.3) is 0 Å². The first kappa shape index (κ1) is 15.9. The summed E-state index contributed by atoms with van der Waals surface area (Å²) in [5.41, 5.74) is 12.5. The van der Waals surface area contributed by atoms with Crippen molar-refractivity contribution in [3.63, 3.8) is 0 Å². The van der Waals surface area contributed by atoms with Gasteiger partial charge in [0.2, 0.25) is 0 Å². The number of hydrogen-bond acceptors (Lipinski definition) is 5. The summed E-state index contributed by atoms with van der Waals surface area (Å²) in [6.45, 7) is 2.11. The zero-order valence-electron chi connectivity index (χ0n) is 14.7. The van der Waals surface area contributed by atoms with Gasteiger partial charge >= 0.3 is 0 Å². The number of nitrogens with one attached hydrogen (secondary N) is 2. The van der Waals surface area contributed by atoms with Crippen LogP contribution >= 0.6 is 11.3 Å². The summed E-state index contributed by atoms with van der Waals surface area (Å²) < 4.78 is 0.535. The smallest absolute Gasteiger partial charge is 0.200 e. The molecule has 0 fully saturated rings. The third-order valence-electron chi connectivity index (χ3n) is 3.96. The van der Waals surface area contributed by atoms with E-state index < -0.39 is 0 Å². The molecule has 128 valence electrons. The maximum Gasteiger partial charge on any atom is 0.200 e. The van der Waals surface area contributed by atoms with Gasteiger partial charge in [-0.3, -0.25) is 4.98 Å². The van der Waals surface area contributed by atoms with Crippen LogP contribution in [0.2, 0.25) is 0 Å². The number of H-pyrrole nitrogens is 1. The van der Waals surface area contributed by atoms with E-state index in [2.05, 4.69) is 45.5 Å². The van der Waals surface area contributed by atoms with Crippen molar-refractivity contribution in [3.05, 3.63) is 35.3 Å². The Hall–Kier alpha value is -2.64. The van der Waals surface area contributed by atoms with Crippen LogP contribution in [0, 0.1) is 6.92 Å². The fourth-order valence-electron chi connectivity index (χ4n) is 3.04. The molecule has 1 aromatic carbocycles. The number of nitrogens with two attached hydrogens (primary N) is 1. The third kappa shape index (κ3) is 2.81. The number of thiophene rings is 1. The van der Waals surface area contributed by atoms with Gasteiger partial charge in [-0.1, -0.05) is 0 Å². The van der Waals surface area contributed by atoms with E-state index in [0.717, 1.165) is 33.2 Å². The number of benzene rings is 1. The lowest BCUT2D eigenvalue weighted by Crippen LogP contribution is -2.41. The Bertz CT molecular complexity index is 1090. The minimum Gasteiger partial charge on any atom is -0.369 e. The summed E-state index contributed by atoms with van der Waals surface area (Å²) in [6.07, 6.45) is 1.85. The Balaban J connectivity index is 2.07. The molecule has 6 nitrogen and oxygen atoms in total. The molecule has 3 heterocycles. The van der Waals surface area contributed by atoms with Gasteiger partial charge in [-0.2, -0.15) is 4.98 Å². The molecule has 0 bridgehead atoms. The summed E-state index contributed by atoms with van der Waals surface area (Å²) in [6, 6.07) is 8.43. The molecule has 0 radical (unpaired) electrons. The van der Waals surface area contributed by atoms with E-state index in [1.165, 1.54) is 9.75 Å². The van der Waals surface area contributed by atoms with Gasteiger partial charge in [0.1, 0.15) is 0 Å². The van der Waals surface area contributed by atoms with Gasteiger partial charge in [-0.15, -0.1) is 11.3 Å². The number of aryl methyl sites for hydroxylation is 1. The predicted octanol–water partition coefficient (Wildman–Crippen LogP) is 3.76. The summed E-state index contributed by atoms with van der Waals surface area (Å²) in [4.78, 5) is 14.8. The predicted molar refractivity (Wildman–Crippen MR) is 106 cm³/mol. The topological polar surface area (TPSA) is 79.6 Å². The van der Waals surface area contributed by atoms with Crippen molar-refractivity contribution >= 4 is 44.9 Å². The standard InChI is InChI=1S/C18H21N6S/c1-10-5-6-14(25-10)12-9-13-15(11-7-8-20-16(11)12)17(22-18(19)21-13)23-24(2,3)4/h5-9,23H,1-4H3,(H3,19,21,22)/q+1. The molecule has 0 spiro atoms. The molecule has 0 unspecified atom stereocenters. The lowest BCUT2D eigenvalue weighted by molar-refractivity contribution is -0.848. The highest BCUT2D eigenvalue weighted by Gasteiger charge is 2.19. The lowest BCUT2D eigenvalue weighted by atomic mass is 10.0. The molecule has 4 N–H and O–H groups in total. The molecule has 0 aliphatic rings. The maximum atomic E-state index is 6.03. The van der Waals surface area contributed by atoms with E-state index in [9.17, 15) is 0 Å². The highest BCUT2D eigenvalue weighted by molar-refractivity contribution is 7.15. The Morgan fingerprint density at radius 3 is 2.68 bits per heavy atom. The van der Waals surface area contributed by atoms with Crippen LogP contribution in [0.3, 0.4) is 0 Å². The summed E-state index contributed by atoms with van der Waals surface area (Å²) in [5.74, 6) is 1.14. The first-order valence-electron chi connectivity index (χ1n) is 8.05. The van der Waals surface area contributed by atoms with E-state index in [4.69, 9.17) is 5.73 Å². The number of nitrogens with zero attached hydrogens (tertiary/aromatic N) is 3. The number of rotatable bonds is 3. The Kier molecular flexibility index (Phi) is 3.45. The monoisotopic (exact) mass is 353 g/mol. The van der Waals surface area contributed by atoms with Crippen molar-refractivity contribution in [1.29, 1.82) is 0 Å². The maximum absolute atomic E-state index is 6.03. The van der Waals surface area contributed by atoms with Crippen LogP contribution in [0.15, 0.2) is 30.5 Å². The Labute approximate surface area is 149 Å². The van der Waals surface area contributed by atoms with E-state index in [1.54, 1.807) is 11.3 Å². The molecule has 0 amide bonds. The molecule has 0 saturated heterocycles. The van der Waals surface area contributed by atoms with Gasteiger partial charge < -0.3 is 10.7 Å². The number of quaternary nitrogens is 1. The van der Waals surface area contributed by atoms with Crippen molar-refractivity contribution < 1.29 is 4.59 Å². The normalized spacial score (nSPS) is 12.2. The van der Waals surface area contributed by atoms with Crippen LogP contribution in [0.1, 0.15) is 4.88 Å². The van der Waals surface area contributed by atoms with E-state index >= 15 is 0 Å². The summed E-state index contributed by atoms with van der Waals surface area (Å²) in [5, 5.41) is 2.07. The van der Waals surface area contributed by atoms with Crippen LogP contribution in [-0.4, -0.2) is 40.7 Å². The molecule has 4 rings (SSSR count). The van der Waals surface area contributed by atoms with Gasteiger partial charge in [-0.25, -0.2) is 10.0 Å². The molecule has 7 heteroatoms. The number of fused-ring (bicyclic) bond motifs is 3. The quantitative estimate of drug-likeness (QED) is 0.387. The molecule has 25 heavy (non-hydrogen) atoms. The molecule has 0 aliphatic carbocycles. The average molecular weight is 353 g/mol. The van der Waals surface area contributed by atoms with E-state index in [-0.39, 0.29) is 0 Å². The van der Waals surface area contributed by atoms with Crippen LogP contribution < -0.4 is 11.2 Å². The molecule has 4 aromatic rings. The Morgan fingerprint density at radius 2 is 2.00 bits per heavy atom. The molecular weight excluding hydrogens is 332 g/mol. The fraction of sp³-hybridized carbons (Fsp3) is 0.222. The summed E-state index contributed by atoms with van der Waals surface area (Å²) in [7, 11) is 6.14. The highest BCUT2D eigenvalue weighted by atomic mass is 32.1. The van der Waals surface area contributed by atoms with Crippen molar-refractivity contribution in [2.24, 2.45) is 0 Å². The molecule has 3 aromatic heterocycles. The zero-order valence-corrected chi connectivity index (χ0v) is 15.5. The number of nitrogen functional groups attached to an aromatic ring is 1. The second kappa shape index (κ2) is 5.44. The molecule has 0 aliphatic heterocycles. The molecule has 0 saturated carbocycles. The van der Waals surface area contributed by atoms with Gasteiger partial charge in [0.15, 0.2) is 11.8 Å². The average Bonchev–Trinajstić information content (AvgIpc) is 3.12. The third-order valence-corrected chi connectivity index (χ3v) is 5.00. The van der Waals surface area contributed by atoms with Gasteiger partial charge in [0, 0.05) is 26.9 Å². The highest BCUT2D eigenvalue weighted by Crippen LogP contribution is 2.39. The minimum absolute atomic E-state index is 0.385. The fourth-order valence-corrected chi connectivity index (χ4v) is 3.93.